The molecule has 0 fully saturated rings. The van der Waals surface area contributed by atoms with Crippen LogP contribution in [0.5, 0.6) is 0 Å². The maximum absolute atomic E-state index is 12.3. The van der Waals surface area contributed by atoms with Gasteiger partial charge in [-0.05, 0) is 30.0 Å². The van der Waals surface area contributed by atoms with E-state index in [0.29, 0.717) is 21.7 Å². The van der Waals surface area contributed by atoms with Crippen molar-refractivity contribution in [3.8, 4) is 11.3 Å². The molecule has 0 saturated carbocycles. The molecule has 0 radical (unpaired) electrons. The molecule has 0 aliphatic carbocycles. The zero-order valence-corrected chi connectivity index (χ0v) is 17.5. The van der Waals surface area contributed by atoms with E-state index in [1.165, 1.54) is 11.8 Å². The van der Waals surface area contributed by atoms with E-state index in [2.05, 4.69) is 25.9 Å². The molecule has 144 valence electrons. The van der Waals surface area contributed by atoms with E-state index in [-0.39, 0.29) is 5.56 Å². The molecule has 28 heavy (non-hydrogen) atoms. The SMILES string of the molecule is CSc1nc2c(c(=O)[nH]1)CN(Cc1ccc(-c3ccc(Cl)c(Cl)c3)nc1)CC2. The van der Waals surface area contributed by atoms with Crippen LogP contribution in [0.25, 0.3) is 11.3 Å². The predicted octanol–water partition coefficient (Wildman–Crippen LogP) is 4.42. The lowest BCUT2D eigenvalue weighted by Crippen LogP contribution is -2.35. The number of benzene rings is 1. The van der Waals surface area contributed by atoms with Gasteiger partial charge in [-0.25, -0.2) is 4.98 Å². The van der Waals surface area contributed by atoms with Crippen LogP contribution in [-0.2, 0) is 19.5 Å². The van der Waals surface area contributed by atoms with Gasteiger partial charge in [-0.3, -0.25) is 14.7 Å². The van der Waals surface area contributed by atoms with Gasteiger partial charge < -0.3 is 4.98 Å². The van der Waals surface area contributed by atoms with Gasteiger partial charge in [0.15, 0.2) is 5.16 Å². The summed E-state index contributed by atoms with van der Waals surface area (Å²) >= 11 is 13.5. The molecule has 0 unspecified atom stereocenters. The average Bonchev–Trinajstić information content (AvgIpc) is 2.71. The fourth-order valence-corrected chi connectivity index (χ4v) is 3.99. The van der Waals surface area contributed by atoms with Crippen LogP contribution in [0.15, 0.2) is 46.5 Å². The summed E-state index contributed by atoms with van der Waals surface area (Å²) in [6, 6.07) is 9.52. The zero-order valence-electron chi connectivity index (χ0n) is 15.2. The van der Waals surface area contributed by atoms with Crippen molar-refractivity contribution in [1.29, 1.82) is 0 Å². The molecule has 4 rings (SSSR count). The zero-order chi connectivity index (χ0) is 19.7. The Hall–Kier alpha value is -1.86. The predicted molar refractivity (Wildman–Crippen MR) is 114 cm³/mol. The molecule has 3 heterocycles. The Morgan fingerprint density at radius 1 is 1.21 bits per heavy atom. The molecule has 0 bridgehead atoms. The molecule has 1 aliphatic heterocycles. The van der Waals surface area contributed by atoms with Crippen LogP contribution >= 0.6 is 35.0 Å². The number of nitrogens with one attached hydrogen (secondary N) is 1. The van der Waals surface area contributed by atoms with Crippen LogP contribution < -0.4 is 5.56 Å². The van der Waals surface area contributed by atoms with E-state index in [0.717, 1.165) is 47.6 Å². The fourth-order valence-electron chi connectivity index (χ4n) is 3.29. The minimum Gasteiger partial charge on any atom is -0.301 e. The Balaban J connectivity index is 1.48. The smallest absolute Gasteiger partial charge is 0.256 e. The Morgan fingerprint density at radius 2 is 2.07 bits per heavy atom. The Morgan fingerprint density at radius 3 is 2.79 bits per heavy atom. The van der Waals surface area contributed by atoms with Crippen molar-refractivity contribution in [2.75, 3.05) is 12.8 Å². The minimum absolute atomic E-state index is 0.0351. The lowest BCUT2D eigenvalue weighted by Gasteiger charge is -2.27. The van der Waals surface area contributed by atoms with Crippen molar-refractivity contribution in [3.05, 3.63) is 73.7 Å². The number of rotatable bonds is 4. The van der Waals surface area contributed by atoms with Crippen LogP contribution in [0, 0.1) is 0 Å². The van der Waals surface area contributed by atoms with Gasteiger partial charge in [0.2, 0.25) is 0 Å². The number of halogens is 2. The summed E-state index contributed by atoms with van der Waals surface area (Å²) in [6.07, 6.45) is 4.56. The van der Waals surface area contributed by atoms with Crippen molar-refractivity contribution in [3.63, 3.8) is 0 Å². The highest BCUT2D eigenvalue weighted by Gasteiger charge is 2.21. The average molecular weight is 433 g/mol. The topological polar surface area (TPSA) is 61.9 Å². The largest absolute Gasteiger partial charge is 0.301 e. The van der Waals surface area contributed by atoms with Gasteiger partial charge in [0.05, 0.1) is 27.0 Å². The van der Waals surface area contributed by atoms with Crippen LogP contribution in [0.3, 0.4) is 0 Å². The number of hydrogen-bond acceptors (Lipinski definition) is 5. The molecule has 8 heteroatoms. The van der Waals surface area contributed by atoms with E-state index in [9.17, 15) is 4.79 Å². The number of thioether (sulfide) groups is 1. The van der Waals surface area contributed by atoms with Gasteiger partial charge in [-0.15, -0.1) is 0 Å². The van der Waals surface area contributed by atoms with Crippen LogP contribution in [-0.4, -0.2) is 32.7 Å². The molecular weight excluding hydrogens is 415 g/mol. The molecule has 1 aromatic carbocycles. The van der Waals surface area contributed by atoms with Gasteiger partial charge in [0.1, 0.15) is 0 Å². The normalized spacial score (nSPS) is 14.1. The molecule has 3 aromatic rings. The molecule has 0 atom stereocenters. The van der Waals surface area contributed by atoms with E-state index in [1.807, 2.05) is 30.7 Å². The first-order valence-corrected chi connectivity index (χ1v) is 10.8. The highest BCUT2D eigenvalue weighted by atomic mass is 35.5. The Kier molecular flexibility index (Phi) is 5.73. The molecule has 0 amide bonds. The second-order valence-electron chi connectivity index (χ2n) is 6.64. The lowest BCUT2D eigenvalue weighted by molar-refractivity contribution is 0.240. The standard InChI is InChI=1S/C20H18Cl2N4OS/c1-28-20-24-18-6-7-26(11-14(18)19(27)25-20)10-12-2-5-17(23-9-12)13-3-4-15(21)16(22)8-13/h2-5,8-9H,6-7,10-11H2,1H3,(H,24,25,27). The van der Waals surface area contributed by atoms with Gasteiger partial charge in [-0.2, -0.15) is 0 Å². The number of H-pyrrole nitrogens is 1. The fraction of sp³-hybridized carbons (Fsp3) is 0.250. The first kappa shape index (κ1) is 19.5. The first-order valence-electron chi connectivity index (χ1n) is 8.82. The quantitative estimate of drug-likeness (QED) is 0.488. The molecule has 2 aromatic heterocycles. The second-order valence-corrected chi connectivity index (χ2v) is 8.25. The van der Waals surface area contributed by atoms with Crippen molar-refractivity contribution < 1.29 is 0 Å². The van der Waals surface area contributed by atoms with Gasteiger partial charge in [0, 0.05) is 37.8 Å². The summed E-state index contributed by atoms with van der Waals surface area (Å²) < 4.78 is 0. The summed E-state index contributed by atoms with van der Waals surface area (Å²) in [5.74, 6) is 0. The molecule has 5 nitrogen and oxygen atoms in total. The highest BCUT2D eigenvalue weighted by Crippen LogP contribution is 2.27. The van der Waals surface area contributed by atoms with Gasteiger partial charge in [0.25, 0.3) is 5.56 Å². The van der Waals surface area contributed by atoms with Crippen molar-refractivity contribution in [1.82, 2.24) is 19.9 Å². The second kappa shape index (κ2) is 8.25. The number of hydrogen-bond donors (Lipinski definition) is 1. The molecule has 1 N–H and O–H groups in total. The Labute approximate surface area is 177 Å². The maximum Gasteiger partial charge on any atom is 0.256 e. The number of pyridine rings is 1. The molecule has 1 aliphatic rings. The minimum atomic E-state index is -0.0351. The van der Waals surface area contributed by atoms with Crippen molar-refractivity contribution in [2.45, 2.75) is 24.7 Å². The van der Waals surface area contributed by atoms with E-state index < -0.39 is 0 Å². The third-order valence-electron chi connectivity index (χ3n) is 4.77. The van der Waals surface area contributed by atoms with E-state index in [4.69, 9.17) is 23.2 Å². The first-order chi connectivity index (χ1) is 13.5. The van der Waals surface area contributed by atoms with E-state index in [1.54, 1.807) is 6.07 Å². The summed E-state index contributed by atoms with van der Waals surface area (Å²) in [6.45, 7) is 2.20. The maximum atomic E-state index is 12.3. The van der Waals surface area contributed by atoms with Crippen LogP contribution in [0.4, 0.5) is 0 Å². The molecule has 0 spiro atoms. The molecule has 0 saturated heterocycles. The monoisotopic (exact) mass is 432 g/mol. The third kappa shape index (κ3) is 4.10. The van der Waals surface area contributed by atoms with E-state index >= 15 is 0 Å². The number of fused-ring (bicyclic) bond motifs is 1. The Bertz CT molecular complexity index is 1070. The number of aromatic nitrogens is 3. The summed E-state index contributed by atoms with van der Waals surface area (Å²) in [4.78, 5) is 26.5. The summed E-state index contributed by atoms with van der Waals surface area (Å²) in [5.41, 5.74) is 4.51. The summed E-state index contributed by atoms with van der Waals surface area (Å²) in [7, 11) is 0. The highest BCUT2D eigenvalue weighted by molar-refractivity contribution is 7.98. The van der Waals surface area contributed by atoms with Crippen molar-refractivity contribution in [2.24, 2.45) is 0 Å². The van der Waals surface area contributed by atoms with Gasteiger partial charge >= 0.3 is 0 Å². The van der Waals surface area contributed by atoms with Crippen LogP contribution in [0.2, 0.25) is 10.0 Å². The number of nitrogens with zero attached hydrogens (tertiary/aromatic N) is 3. The third-order valence-corrected chi connectivity index (χ3v) is 6.08. The van der Waals surface area contributed by atoms with Crippen molar-refractivity contribution >= 4 is 35.0 Å². The van der Waals surface area contributed by atoms with Crippen LogP contribution in [0.1, 0.15) is 16.8 Å². The lowest BCUT2D eigenvalue weighted by atomic mass is 10.1. The number of aromatic amines is 1. The van der Waals surface area contributed by atoms with Gasteiger partial charge in [-0.1, -0.05) is 47.1 Å². The molecular formula is C20H18Cl2N4OS. The summed E-state index contributed by atoms with van der Waals surface area (Å²) in [5, 5.41) is 1.72.